The molecule has 3 nitrogen and oxygen atoms in total. The molecule has 2 bridgehead atoms. The van der Waals surface area contributed by atoms with Gasteiger partial charge in [-0.1, -0.05) is 20.8 Å². The highest BCUT2D eigenvalue weighted by Crippen LogP contribution is 2.72. The molecule has 0 saturated heterocycles. The molecular formula is C20H32O3. The lowest BCUT2D eigenvalue weighted by molar-refractivity contribution is -0.165. The van der Waals surface area contributed by atoms with Gasteiger partial charge >= 0.3 is 0 Å². The first-order chi connectivity index (χ1) is 10.7. The zero-order valence-corrected chi connectivity index (χ0v) is 14.9. The molecule has 23 heavy (non-hydrogen) atoms. The molecule has 4 saturated carbocycles. The van der Waals surface area contributed by atoms with Crippen molar-refractivity contribution in [2.45, 2.75) is 77.7 Å². The highest BCUT2D eigenvalue weighted by atomic mass is 16.3. The van der Waals surface area contributed by atoms with E-state index in [1.807, 2.05) is 0 Å². The van der Waals surface area contributed by atoms with Crippen LogP contribution in [0.15, 0.2) is 0 Å². The van der Waals surface area contributed by atoms with Crippen LogP contribution in [0.2, 0.25) is 0 Å². The van der Waals surface area contributed by atoms with Gasteiger partial charge < -0.3 is 10.2 Å². The van der Waals surface area contributed by atoms with Crippen LogP contribution in [0.3, 0.4) is 0 Å². The second-order valence-electron chi connectivity index (χ2n) is 10.1. The number of Topliss-reactive ketones (excluding diaryl/α,β-unsaturated/α-hetero) is 1. The molecular weight excluding hydrogens is 288 g/mol. The van der Waals surface area contributed by atoms with E-state index >= 15 is 0 Å². The molecule has 6 atom stereocenters. The maximum Gasteiger partial charge on any atom is 0.138 e. The first-order valence-corrected chi connectivity index (χ1v) is 9.55. The molecule has 4 fully saturated rings. The first kappa shape index (κ1) is 16.1. The minimum atomic E-state index is -0.849. The lowest BCUT2D eigenvalue weighted by Gasteiger charge is -2.63. The average Bonchev–Trinajstić information content (AvgIpc) is 2.70. The third-order valence-electron chi connectivity index (χ3n) is 8.89. The Bertz CT molecular complexity index is 541. The third-order valence-corrected chi connectivity index (χ3v) is 8.89. The van der Waals surface area contributed by atoms with Gasteiger partial charge in [-0.15, -0.1) is 0 Å². The SMILES string of the molecule is CC1(C)C(=O)CC[C@]2(C)C1CC[C@@]13C[C@@H](CCC12)[C@@](O)(CO)C3. The van der Waals surface area contributed by atoms with Crippen LogP contribution in [0.1, 0.15) is 72.1 Å². The van der Waals surface area contributed by atoms with Gasteiger partial charge in [0.25, 0.3) is 0 Å². The summed E-state index contributed by atoms with van der Waals surface area (Å²) in [4.78, 5) is 12.5. The lowest BCUT2D eigenvalue weighted by atomic mass is 9.41. The Balaban J connectivity index is 1.73. The first-order valence-electron chi connectivity index (χ1n) is 9.55. The van der Waals surface area contributed by atoms with E-state index in [2.05, 4.69) is 20.8 Å². The van der Waals surface area contributed by atoms with Crippen molar-refractivity contribution in [3.63, 3.8) is 0 Å². The smallest absolute Gasteiger partial charge is 0.138 e. The van der Waals surface area contributed by atoms with Crippen molar-refractivity contribution in [3.8, 4) is 0 Å². The van der Waals surface area contributed by atoms with Gasteiger partial charge in [0.15, 0.2) is 0 Å². The molecule has 0 heterocycles. The molecule has 4 aliphatic carbocycles. The van der Waals surface area contributed by atoms with Crippen molar-refractivity contribution in [2.24, 2.45) is 34.0 Å². The fourth-order valence-electron chi connectivity index (χ4n) is 7.83. The second-order valence-corrected chi connectivity index (χ2v) is 10.1. The van der Waals surface area contributed by atoms with Crippen molar-refractivity contribution >= 4 is 5.78 Å². The molecule has 4 aliphatic rings. The van der Waals surface area contributed by atoms with Gasteiger partial charge in [0.1, 0.15) is 5.78 Å². The number of hydrogen-bond donors (Lipinski definition) is 2. The van der Waals surface area contributed by atoms with Crippen LogP contribution in [-0.4, -0.2) is 28.2 Å². The summed E-state index contributed by atoms with van der Waals surface area (Å²) in [7, 11) is 0. The molecule has 1 spiro atoms. The van der Waals surface area contributed by atoms with E-state index in [0.29, 0.717) is 17.6 Å². The van der Waals surface area contributed by atoms with E-state index in [9.17, 15) is 15.0 Å². The summed E-state index contributed by atoms with van der Waals surface area (Å²) in [6.45, 7) is 6.68. The van der Waals surface area contributed by atoms with Crippen LogP contribution in [-0.2, 0) is 4.79 Å². The molecule has 0 aromatic carbocycles. The Labute approximate surface area is 139 Å². The maximum atomic E-state index is 12.5. The number of carbonyl (C=O) groups excluding carboxylic acids is 1. The van der Waals surface area contributed by atoms with Crippen LogP contribution in [0.5, 0.6) is 0 Å². The number of hydrogen-bond acceptors (Lipinski definition) is 3. The Hall–Kier alpha value is -0.410. The predicted octanol–water partition coefficient (Wildman–Crippen LogP) is 3.32. The van der Waals surface area contributed by atoms with E-state index in [0.717, 1.165) is 44.9 Å². The number of ketones is 1. The van der Waals surface area contributed by atoms with Gasteiger partial charge in [0, 0.05) is 11.8 Å². The zero-order valence-electron chi connectivity index (χ0n) is 14.9. The highest BCUT2D eigenvalue weighted by molar-refractivity contribution is 5.85. The molecule has 4 rings (SSSR count). The van der Waals surface area contributed by atoms with Gasteiger partial charge in [-0.25, -0.2) is 0 Å². The van der Waals surface area contributed by atoms with Gasteiger partial charge in [-0.05, 0) is 73.5 Å². The monoisotopic (exact) mass is 320 g/mol. The second kappa shape index (κ2) is 4.60. The van der Waals surface area contributed by atoms with E-state index in [1.54, 1.807) is 0 Å². The number of rotatable bonds is 1. The Morgan fingerprint density at radius 2 is 1.83 bits per heavy atom. The lowest BCUT2D eigenvalue weighted by Crippen LogP contribution is -2.58. The minimum absolute atomic E-state index is 0.0870. The van der Waals surface area contributed by atoms with Crippen LogP contribution < -0.4 is 0 Å². The van der Waals surface area contributed by atoms with Crippen molar-refractivity contribution in [3.05, 3.63) is 0 Å². The molecule has 0 aromatic rings. The van der Waals surface area contributed by atoms with E-state index in [-0.39, 0.29) is 28.8 Å². The Morgan fingerprint density at radius 3 is 2.52 bits per heavy atom. The zero-order chi connectivity index (χ0) is 16.7. The van der Waals surface area contributed by atoms with E-state index < -0.39 is 5.60 Å². The summed E-state index contributed by atoms with van der Waals surface area (Å²) < 4.78 is 0. The third kappa shape index (κ3) is 1.87. The van der Waals surface area contributed by atoms with Crippen LogP contribution in [0.4, 0.5) is 0 Å². The van der Waals surface area contributed by atoms with E-state index in [1.165, 1.54) is 6.42 Å². The molecule has 0 aliphatic heterocycles. The van der Waals surface area contributed by atoms with Crippen molar-refractivity contribution in [1.82, 2.24) is 0 Å². The van der Waals surface area contributed by atoms with Crippen LogP contribution >= 0.6 is 0 Å². The standard InChI is InChI=1S/C20H32O3/c1-17(2)14-6-9-19-10-13(20(23,11-19)12-21)4-5-15(19)18(14,3)8-7-16(17)22/h13-15,21,23H,4-12H2,1-3H3/t13-,14?,15?,18-,19+,20+/m1/s1. The van der Waals surface area contributed by atoms with Crippen LogP contribution in [0, 0.1) is 34.0 Å². The molecule has 0 amide bonds. The average molecular weight is 320 g/mol. The summed E-state index contributed by atoms with van der Waals surface area (Å²) in [5.74, 6) is 1.81. The summed E-state index contributed by atoms with van der Waals surface area (Å²) in [6.07, 6.45) is 8.07. The van der Waals surface area contributed by atoms with E-state index in [4.69, 9.17) is 0 Å². The fraction of sp³-hybridized carbons (Fsp3) is 0.950. The Morgan fingerprint density at radius 1 is 1.09 bits per heavy atom. The summed E-state index contributed by atoms with van der Waals surface area (Å²) in [5.41, 5.74) is -0.612. The van der Waals surface area contributed by atoms with Crippen molar-refractivity contribution in [2.75, 3.05) is 6.61 Å². The summed E-state index contributed by atoms with van der Waals surface area (Å²) in [6, 6.07) is 0. The maximum absolute atomic E-state index is 12.5. The normalized spacial score (nSPS) is 54.5. The number of carbonyl (C=O) groups is 1. The topological polar surface area (TPSA) is 57.5 Å². The quantitative estimate of drug-likeness (QED) is 0.779. The number of fused-ring (bicyclic) bond motifs is 3. The molecule has 3 heteroatoms. The predicted molar refractivity (Wildman–Crippen MR) is 88.8 cm³/mol. The molecule has 130 valence electrons. The largest absolute Gasteiger partial charge is 0.393 e. The van der Waals surface area contributed by atoms with Crippen LogP contribution in [0.25, 0.3) is 0 Å². The van der Waals surface area contributed by atoms with Crippen molar-refractivity contribution < 1.29 is 15.0 Å². The fourth-order valence-corrected chi connectivity index (χ4v) is 7.83. The molecule has 2 unspecified atom stereocenters. The number of aliphatic hydroxyl groups is 2. The summed E-state index contributed by atoms with van der Waals surface area (Å²) >= 11 is 0. The van der Waals surface area contributed by atoms with Gasteiger partial charge in [0.2, 0.25) is 0 Å². The van der Waals surface area contributed by atoms with Gasteiger partial charge in [-0.2, -0.15) is 0 Å². The molecule has 0 aromatic heterocycles. The van der Waals surface area contributed by atoms with Gasteiger partial charge in [-0.3, -0.25) is 4.79 Å². The summed E-state index contributed by atoms with van der Waals surface area (Å²) in [5, 5.41) is 20.7. The number of aliphatic hydroxyl groups excluding tert-OH is 1. The molecule has 2 N–H and O–H groups in total. The van der Waals surface area contributed by atoms with Crippen molar-refractivity contribution in [1.29, 1.82) is 0 Å². The van der Waals surface area contributed by atoms with Gasteiger partial charge in [0.05, 0.1) is 12.2 Å². The molecule has 0 radical (unpaired) electrons. The Kier molecular flexibility index (Phi) is 3.22. The minimum Gasteiger partial charge on any atom is -0.393 e. The highest BCUT2D eigenvalue weighted by Gasteiger charge is 2.67.